The zero-order valence-electron chi connectivity index (χ0n) is 11.6. The summed E-state index contributed by atoms with van der Waals surface area (Å²) in [6.07, 6.45) is -0.644. The van der Waals surface area contributed by atoms with Crippen LogP contribution in [-0.2, 0) is 0 Å². The summed E-state index contributed by atoms with van der Waals surface area (Å²) in [6.45, 7) is 3.55. The Labute approximate surface area is 118 Å². The van der Waals surface area contributed by atoms with Gasteiger partial charge in [-0.1, -0.05) is 24.3 Å². The summed E-state index contributed by atoms with van der Waals surface area (Å²) in [7, 11) is 0. The van der Waals surface area contributed by atoms with E-state index in [0.29, 0.717) is 22.5 Å². The molecule has 0 aliphatic heterocycles. The van der Waals surface area contributed by atoms with Gasteiger partial charge in [0, 0.05) is 22.5 Å². The van der Waals surface area contributed by atoms with Gasteiger partial charge in [-0.2, -0.15) is 0 Å². The SMILES string of the molecule is Cc1ccc(C(=O)Nc2ccccc2C(C)O)cc1N. The van der Waals surface area contributed by atoms with Crippen LogP contribution in [-0.4, -0.2) is 11.0 Å². The van der Waals surface area contributed by atoms with E-state index in [0.717, 1.165) is 5.56 Å². The van der Waals surface area contributed by atoms with Gasteiger partial charge >= 0.3 is 0 Å². The van der Waals surface area contributed by atoms with Gasteiger partial charge in [0.15, 0.2) is 0 Å². The molecule has 0 bridgehead atoms. The Morgan fingerprint density at radius 1 is 1.25 bits per heavy atom. The first-order valence-corrected chi connectivity index (χ1v) is 6.43. The third-order valence-electron chi connectivity index (χ3n) is 3.20. The van der Waals surface area contributed by atoms with Gasteiger partial charge in [-0.15, -0.1) is 0 Å². The summed E-state index contributed by atoms with van der Waals surface area (Å²) < 4.78 is 0. The van der Waals surface area contributed by atoms with E-state index in [1.807, 2.05) is 25.1 Å². The van der Waals surface area contributed by atoms with Crippen LogP contribution in [0.2, 0.25) is 0 Å². The molecule has 2 aromatic carbocycles. The maximum absolute atomic E-state index is 12.2. The Bertz CT molecular complexity index is 636. The van der Waals surface area contributed by atoms with Gasteiger partial charge in [0.2, 0.25) is 0 Å². The minimum Gasteiger partial charge on any atom is -0.398 e. The smallest absolute Gasteiger partial charge is 0.255 e. The fourth-order valence-electron chi connectivity index (χ4n) is 1.95. The van der Waals surface area contributed by atoms with Crippen LogP contribution >= 0.6 is 0 Å². The van der Waals surface area contributed by atoms with Crippen molar-refractivity contribution in [3.05, 3.63) is 59.2 Å². The molecule has 0 aromatic heterocycles. The van der Waals surface area contributed by atoms with E-state index in [9.17, 15) is 9.90 Å². The number of nitrogen functional groups attached to an aromatic ring is 1. The second-order valence-electron chi connectivity index (χ2n) is 4.79. The molecule has 2 aromatic rings. The molecular weight excluding hydrogens is 252 g/mol. The van der Waals surface area contributed by atoms with E-state index in [4.69, 9.17) is 5.73 Å². The second-order valence-corrected chi connectivity index (χ2v) is 4.79. The first kappa shape index (κ1) is 14.1. The minimum absolute atomic E-state index is 0.246. The van der Waals surface area contributed by atoms with Gasteiger partial charge in [-0.25, -0.2) is 0 Å². The third-order valence-corrected chi connectivity index (χ3v) is 3.20. The molecule has 104 valence electrons. The van der Waals surface area contributed by atoms with Crippen LogP contribution in [0.5, 0.6) is 0 Å². The fraction of sp³-hybridized carbons (Fsp3) is 0.188. The maximum atomic E-state index is 12.2. The minimum atomic E-state index is -0.644. The van der Waals surface area contributed by atoms with E-state index in [-0.39, 0.29) is 5.91 Å². The normalized spacial score (nSPS) is 11.9. The van der Waals surface area contributed by atoms with Crippen LogP contribution in [0.15, 0.2) is 42.5 Å². The number of nitrogens with two attached hydrogens (primary N) is 1. The standard InChI is InChI=1S/C16H18N2O2/c1-10-7-8-12(9-14(10)17)16(20)18-15-6-4-3-5-13(15)11(2)19/h3-9,11,19H,17H2,1-2H3,(H,18,20). The number of amides is 1. The molecule has 1 amide bonds. The molecule has 4 nitrogen and oxygen atoms in total. The first-order chi connectivity index (χ1) is 9.49. The molecule has 0 fully saturated rings. The molecule has 0 radical (unpaired) electrons. The number of aliphatic hydroxyl groups is 1. The lowest BCUT2D eigenvalue weighted by molar-refractivity contribution is 0.102. The van der Waals surface area contributed by atoms with Gasteiger partial charge in [0.05, 0.1) is 6.10 Å². The van der Waals surface area contributed by atoms with Crippen molar-refractivity contribution in [1.29, 1.82) is 0 Å². The Hall–Kier alpha value is -2.33. The fourth-order valence-corrected chi connectivity index (χ4v) is 1.95. The molecule has 0 heterocycles. The van der Waals surface area contributed by atoms with Crippen molar-refractivity contribution in [3.8, 4) is 0 Å². The molecule has 1 unspecified atom stereocenters. The van der Waals surface area contributed by atoms with Crippen LogP contribution in [0.25, 0.3) is 0 Å². The lowest BCUT2D eigenvalue weighted by Crippen LogP contribution is -2.14. The van der Waals surface area contributed by atoms with Crippen LogP contribution in [0.3, 0.4) is 0 Å². The topological polar surface area (TPSA) is 75.3 Å². The van der Waals surface area contributed by atoms with Gasteiger partial charge in [0.1, 0.15) is 0 Å². The summed E-state index contributed by atoms with van der Waals surface area (Å²) in [6, 6.07) is 12.4. The van der Waals surface area contributed by atoms with Gasteiger partial charge < -0.3 is 16.2 Å². The average Bonchev–Trinajstić information content (AvgIpc) is 2.42. The summed E-state index contributed by atoms with van der Waals surface area (Å²) in [5, 5.41) is 12.5. The molecule has 0 saturated heterocycles. The lowest BCUT2D eigenvalue weighted by Gasteiger charge is -2.13. The van der Waals surface area contributed by atoms with Crippen molar-refractivity contribution in [1.82, 2.24) is 0 Å². The first-order valence-electron chi connectivity index (χ1n) is 6.43. The molecule has 0 saturated carbocycles. The molecule has 4 heteroatoms. The zero-order valence-corrected chi connectivity index (χ0v) is 11.6. The van der Waals surface area contributed by atoms with E-state index in [1.165, 1.54) is 0 Å². The Morgan fingerprint density at radius 3 is 2.60 bits per heavy atom. The monoisotopic (exact) mass is 270 g/mol. The molecule has 1 atom stereocenters. The number of rotatable bonds is 3. The summed E-state index contributed by atoms with van der Waals surface area (Å²) >= 11 is 0. The molecule has 20 heavy (non-hydrogen) atoms. The zero-order chi connectivity index (χ0) is 14.7. The van der Waals surface area contributed by atoms with Crippen LogP contribution < -0.4 is 11.1 Å². The highest BCUT2D eigenvalue weighted by molar-refractivity contribution is 6.05. The van der Waals surface area contributed by atoms with Crippen molar-refractivity contribution >= 4 is 17.3 Å². The number of hydrogen-bond donors (Lipinski definition) is 3. The summed E-state index contributed by atoms with van der Waals surface area (Å²) in [5.41, 5.74) is 9.11. The molecule has 4 N–H and O–H groups in total. The van der Waals surface area contributed by atoms with E-state index >= 15 is 0 Å². The molecular formula is C16H18N2O2. The summed E-state index contributed by atoms with van der Waals surface area (Å²) in [4.78, 5) is 12.2. The highest BCUT2D eigenvalue weighted by Gasteiger charge is 2.12. The van der Waals surface area contributed by atoms with Crippen molar-refractivity contribution in [2.75, 3.05) is 11.1 Å². The molecule has 2 rings (SSSR count). The molecule has 0 aliphatic rings. The van der Waals surface area contributed by atoms with Crippen LogP contribution in [0.4, 0.5) is 11.4 Å². The molecule has 0 spiro atoms. The van der Waals surface area contributed by atoms with Crippen molar-refractivity contribution in [2.45, 2.75) is 20.0 Å². The van der Waals surface area contributed by atoms with Crippen LogP contribution in [0, 0.1) is 6.92 Å². The number of hydrogen-bond acceptors (Lipinski definition) is 3. The highest BCUT2D eigenvalue weighted by Crippen LogP contribution is 2.23. The predicted molar refractivity (Wildman–Crippen MR) is 80.6 cm³/mol. The maximum Gasteiger partial charge on any atom is 0.255 e. The third kappa shape index (κ3) is 2.97. The largest absolute Gasteiger partial charge is 0.398 e. The predicted octanol–water partition coefficient (Wildman–Crippen LogP) is 2.88. The second kappa shape index (κ2) is 5.75. The Kier molecular flexibility index (Phi) is 4.05. The highest BCUT2D eigenvalue weighted by atomic mass is 16.3. The number of benzene rings is 2. The van der Waals surface area contributed by atoms with Crippen molar-refractivity contribution in [3.63, 3.8) is 0 Å². The Morgan fingerprint density at radius 2 is 1.95 bits per heavy atom. The quantitative estimate of drug-likeness (QED) is 0.751. The van der Waals surface area contributed by atoms with Crippen molar-refractivity contribution < 1.29 is 9.90 Å². The lowest BCUT2D eigenvalue weighted by atomic mass is 10.1. The number of para-hydroxylation sites is 1. The number of carbonyl (C=O) groups excluding carboxylic acids is 1. The van der Waals surface area contributed by atoms with E-state index < -0.39 is 6.10 Å². The van der Waals surface area contributed by atoms with Gasteiger partial charge in [-0.05, 0) is 37.6 Å². The number of anilines is 2. The number of nitrogens with one attached hydrogen (secondary N) is 1. The van der Waals surface area contributed by atoms with Gasteiger partial charge in [0.25, 0.3) is 5.91 Å². The van der Waals surface area contributed by atoms with E-state index in [2.05, 4.69) is 5.32 Å². The average molecular weight is 270 g/mol. The van der Waals surface area contributed by atoms with Crippen LogP contribution in [0.1, 0.15) is 34.5 Å². The number of aryl methyl sites for hydroxylation is 1. The number of carbonyl (C=O) groups is 1. The number of aliphatic hydroxyl groups excluding tert-OH is 1. The Balaban J connectivity index is 2.26. The van der Waals surface area contributed by atoms with Gasteiger partial charge in [-0.3, -0.25) is 4.79 Å². The van der Waals surface area contributed by atoms with Crippen molar-refractivity contribution in [2.24, 2.45) is 0 Å². The molecule has 0 aliphatic carbocycles. The van der Waals surface area contributed by atoms with E-state index in [1.54, 1.807) is 31.2 Å². The summed E-state index contributed by atoms with van der Waals surface area (Å²) in [5.74, 6) is -0.246.